The molecule has 5 heteroatoms. The molecule has 6 rings (SSSR count). The molecule has 0 spiro atoms. The van der Waals surface area contributed by atoms with Gasteiger partial charge in [0.05, 0.1) is 5.56 Å². The fourth-order valence-corrected chi connectivity index (χ4v) is 5.99. The van der Waals surface area contributed by atoms with Crippen LogP contribution in [0.15, 0.2) is 113 Å². The summed E-state index contributed by atoms with van der Waals surface area (Å²) in [6.07, 6.45) is 4.50. The highest BCUT2D eigenvalue weighted by Crippen LogP contribution is 2.56. The first-order valence-corrected chi connectivity index (χ1v) is 12.8. The molecule has 2 aliphatic carbocycles. The van der Waals surface area contributed by atoms with Crippen LogP contribution in [0.5, 0.6) is 0 Å². The number of carbonyl (C=O) groups excluding carboxylic acids is 1. The zero-order valence-electron chi connectivity index (χ0n) is 20.3. The SMILES string of the molecule is O=C(O[C@@H]1c2ccccc2C[C@@]1(Cc1ccccc1)C1=Cc2ccccc2C1)c1ccc(Br)cc1.S.S. The van der Waals surface area contributed by atoms with Crippen molar-refractivity contribution in [1.29, 1.82) is 0 Å². The van der Waals surface area contributed by atoms with Crippen LogP contribution in [0, 0.1) is 5.41 Å². The zero-order chi connectivity index (χ0) is 23.8. The van der Waals surface area contributed by atoms with E-state index in [-0.39, 0.29) is 44.5 Å². The summed E-state index contributed by atoms with van der Waals surface area (Å²) >= 11 is 3.46. The quantitative estimate of drug-likeness (QED) is 0.221. The third-order valence-electron chi connectivity index (χ3n) is 7.42. The number of fused-ring (bicyclic) bond motifs is 2. The molecule has 4 aromatic carbocycles. The number of hydrogen-bond donors (Lipinski definition) is 0. The number of benzene rings is 4. The lowest BCUT2D eigenvalue weighted by Gasteiger charge is -2.37. The van der Waals surface area contributed by atoms with Gasteiger partial charge in [-0.05, 0) is 71.3 Å². The van der Waals surface area contributed by atoms with Gasteiger partial charge in [0.15, 0.2) is 0 Å². The molecule has 0 saturated carbocycles. The van der Waals surface area contributed by atoms with Gasteiger partial charge in [0, 0.05) is 9.89 Å². The average molecular weight is 590 g/mol. The summed E-state index contributed by atoms with van der Waals surface area (Å²) in [7, 11) is 0. The second kappa shape index (κ2) is 11.3. The van der Waals surface area contributed by atoms with Gasteiger partial charge in [0.2, 0.25) is 0 Å². The minimum absolute atomic E-state index is 0. The molecule has 0 saturated heterocycles. The van der Waals surface area contributed by atoms with E-state index in [1.807, 2.05) is 24.3 Å². The molecule has 0 heterocycles. The van der Waals surface area contributed by atoms with Crippen LogP contribution in [0.1, 0.15) is 44.3 Å². The van der Waals surface area contributed by atoms with Crippen molar-refractivity contribution < 1.29 is 9.53 Å². The van der Waals surface area contributed by atoms with E-state index in [2.05, 4.69) is 101 Å². The van der Waals surface area contributed by atoms with Crippen LogP contribution in [-0.4, -0.2) is 5.97 Å². The largest absolute Gasteiger partial charge is 0.453 e. The molecule has 0 fully saturated rings. The predicted octanol–water partition coefficient (Wildman–Crippen LogP) is 8.00. The molecule has 0 unspecified atom stereocenters. The molecule has 2 aliphatic rings. The molecule has 4 aromatic rings. The Bertz CT molecular complexity index is 1430. The lowest BCUT2D eigenvalue weighted by atomic mass is 9.70. The summed E-state index contributed by atoms with van der Waals surface area (Å²) in [5.41, 5.74) is 7.78. The normalized spacial score (nSPS) is 19.1. The molecular formula is C32H29BrO2S2. The van der Waals surface area contributed by atoms with Crippen molar-refractivity contribution in [3.63, 3.8) is 0 Å². The van der Waals surface area contributed by atoms with Crippen molar-refractivity contribution >= 4 is 55.0 Å². The van der Waals surface area contributed by atoms with Gasteiger partial charge in [-0.2, -0.15) is 27.0 Å². The topological polar surface area (TPSA) is 26.3 Å². The molecule has 0 amide bonds. The molecular weight excluding hydrogens is 560 g/mol. The van der Waals surface area contributed by atoms with E-state index in [9.17, 15) is 4.79 Å². The van der Waals surface area contributed by atoms with Gasteiger partial charge in [-0.1, -0.05) is 106 Å². The minimum atomic E-state index is -0.365. The Morgan fingerprint density at radius 3 is 2.19 bits per heavy atom. The lowest BCUT2D eigenvalue weighted by molar-refractivity contribution is -0.00195. The van der Waals surface area contributed by atoms with E-state index < -0.39 is 0 Å². The van der Waals surface area contributed by atoms with Crippen molar-refractivity contribution in [3.05, 3.63) is 147 Å². The Morgan fingerprint density at radius 1 is 0.811 bits per heavy atom. The van der Waals surface area contributed by atoms with E-state index in [1.54, 1.807) is 0 Å². The number of rotatable bonds is 5. The molecule has 188 valence electrons. The maximum Gasteiger partial charge on any atom is 0.338 e. The van der Waals surface area contributed by atoms with Gasteiger partial charge in [-0.25, -0.2) is 4.79 Å². The van der Waals surface area contributed by atoms with Crippen LogP contribution in [0.3, 0.4) is 0 Å². The number of ether oxygens (including phenoxy) is 1. The maximum atomic E-state index is 13.4. The maximum absolute atomic E-state index is 13.4. The third kappa shape index (κ3) is 5.18. The van der Waals surface area contributed by atoms with Gasteiger partial charge >= 0.3 is 5.97 Å². The predicted molar refractivity (Wildman–Crippen MR) is 164 cm³/mol. The molecule has 0 aliphatic heterocycles. The van der Waals surface area contributed by atoms with Gasteiger partial charge < -0.3 is 4.74 Å². The summed E-state index contributed by atoms with van der Waals surface area (Å²) in [5.74, 6) is -0.284. The number of halogens is 1. The zero-order valence-corrected chi connectivity index (χ0v) is 23.9. The van der Waals surface area contributed by atoms with Crippen molar-refractivity contribution in [1.82, 2.24) is 0 Å². The monoisotopic (exact) mass is 588 g/mol. The second-order valence-electron chi connectivity index (χ2n) is 9.53. The van der Waals surface area contributed by atoms with Crippen LogP contribution >= 0.6 is 42.9 Å². The minimum Gasteiger partial charge on any atom is -0.453 e. The third-order valence-corrected chi connectivity index (χ3v) is 7.95. The number of carbonyl (C=O) groups is 1. The van der Waals surface area contributed by atoms with Gasteiger partial charge in [0.25, 0.3) is 0 Å². The van der Waals surface area contributed by atoms with Crippen molar-refractivity contribution in [3.8, 4) is 0 Å². The van der Waals surface area contributed by atoms with Crippen LogP contribution in [0.25, 0.3) is 6.08 Å². The van der Waals surface area contributed by atoms with E-state index in [4.69, 9.17) is 4.74 Å². The van der Waals surface area contributed by atoms with Crippen molar-refractivity contribution in [2.24, 2.45) is 5.41 Å². The van der Waals surface area contributed by atoms with E-state index in [1.165, 1.54) is 27.8 Å². The van der Waals surface area contributed by atoms with Gasteiger partial charge in [0.1, 0.15) is 6.10 Å². The van der Waals surface area contributed by atoms with Crippen molar-refractivity contribution in [2.45, 2.75) is 25.4 Å². The molecule has 0 bridgehead atoms. The Labute approximate surface area is 240 Å². The lowest BCUT2D eigenvalue weighted by Crippen LogP contribution is -2.34. The Balaban J connectivity index is 0.00000160. The Morgan fingerprint density at radius 2 is 1.46 bits per heavy atom. The van der Waals surface area contributed by atoms with Crippen molar-refractivity contribution in [2.75, 3.05) is 0 Å². The Hall–Kier alpha value is -2.73. The van der Waals surface area contributed by atoms with Crippen LogP contribution in [0.2, 0.25) is 0 Å². The van der Waals surface area contributed by atoms with Crippen LogP contribution < -0.4 is 0 Å². The Kier molecular flexibility index (Phi) is 8.37. The van der Waals surface area contributed by atoms with Crippen LogP contribution in [-0.2, 0) is 24.0 Å². The fourth-order valence-electron chi connectivity index (χ4n) is 5.73. The highest BCUT2D eigenvalue weighted by atomic mass is 79.9. The standard InChI is InChI=1S/C32H25BrO2.2H2S/c33-28-16-14-23(15-17-28)31(34)35-30-29-13-7-6-12-26(29)21-32(30,20-22-8-2-1-3-9-22)27-18-24-10-4-5-11-25(24)19-27;;/h1-18,30H,19-21H2;2*1H2/t30-,32+;;/m1../s1. The highest BCUT2D eigenvalue weighted by molar-refractivity contribution is 9.10. The van der Waals surface area contributed by atoms with E-state index in [0.29, 0.717) is 5.56 Å². The molecule has 2 atom stereocenters. The smallest absolute Gasteiger partial charge is 0.338 e. The summed E-state index contributed by atoms with van der Waals surface area (Å²) in [5, 5.41) is 0. The molecule has 0 aromatic heterocycles. The first kappa shape index (κ1) is 27.3. The molecule has 0 N–H and O–H groups in total. The first-order chi connectivity index (χ1) is 17.1. The second-order valence-corrected chi connectivity index (χ2v) is 10.4. The average Bonchev–Trinajstić information content (AvgIpc) is 3.45. The van der Waals surface area contributed by atoms with Crippen LogP contribution in [0.4, 0.5) is 0 Å². The molecule has 0 radical (unpaired) electrons. The fraction of sp³-hybridized carbons (Fsp3) is 0.156. The summed E-state index contributed by atoms with van der Waals surface area (Å²) in [6, 6.07) is 35.0. The first-order valence-electron chi connectivity index (χ1n) is 12.0. The van der Waals surface area contributed by atoms with Gasteiger partial charge in [-0.15, -0.1) is 0 Å². The highest BCUT2D eigenvalue weighted by Gasteiger charge is 2.51. The summed E-state index contributed by atoms with van der Waals surface area (Å²) < 4.78 is 7.41. The van der Waals surface area contributed by atoms with Gasteiger partial charge in [-0.3, -0.25) is 0 Å². The molecule has 2 nitrogen and oxygen atoms in total. The van der Waals surface area contributed by atoms with E-state index in [0.717, 1.165) is 29.3 Å². The summed E-state index contributed by atoms with van der Waals surface area (Å²) in [6.45, 7) is 0. The molecule has 37 heavy (non-hydrogen) atoms. The number of esters is 1. The number of hydrogen-bond acceptors (Lipinski definition) is 2. The summed E-state index contributed by atoms with van der Waals surface area (Å²) in [4.78, 5) is 13.4. The van der Waals surface area contributed by atoms with E-state index >= 15 is 0 Å².